The highest BCUT2D eigenvalue weighted by Crippen LogP contribution is 2.23. The summed E-state index contributed by atoms with van der Waals surface area (Å²) in [7, 11) is 0. The fraction of sp³-hybridized carbons (Fsp3) is 0.407. The van der Waals surface area contributed by atoms with Crippen molar-refractivity contribution < 1.29 is 39.9 Å². The van der Waals surface area contributed by atoms with Crippen LogP contribution in [0, 0.1) is 5.41 Å². The summed E-state index contributed by atoms with van der Waals surface area (Å²) >= 11 is 1.09. The molecule has 0 aromatic heterocycles. The molecule has 8 N–H and O–H groups in total. The van der Waals surface area contributed by atoms with Crippen molar-refractivity contribution in [3.05, 3.63) is 71.2 Å². The lowest BCUT2D eigenvalue weighted by Gasteiger charge is -2.31. The molecule has 2 aromatic rings. The Bertz CT molecular complexity index is 1120. The van der Waals surface area contributed by atoms with Gasteiger partial charge in [0, 0.05) is 55.0 Å². The summed E-state index contributed by atoms with van der Waals surface area (Å²) in [6.07, 6.45) is -2.65. The second-order valence-corrected chi connectivity index (χ2v) is 10.7. The van der Waals surface area contributed by atoms with Gasteiger partial charge in [-0.2, -0.15) is 0 Å². The normalized spacial score (nSPS) is 16.3. The zero-order valence-corrected chi connectivity index (χ0v) is 22.4. The van der Waals surface area contributed by atoms with Gasteiger partial charge in [-0.15, -0.1) is 11.8 Å². The van der Waals surface area contributed by atoms with Gasteiger partial charge in [0.05, 0.1) is 5.75 Å². The number of aromatic hydroxyl groups is 2. The summed E-state index contributed by atoms with van der Waals surface area (Å²) < 4.78 is 4.73. The van der Waals surface area contributed by atoms with Gasteiger partial charge in [-0.3, -0.25) is 4.79 Å². The van der Waals surface area contributed by atoms with Crippen LogP contribution in [-0.4, -0.2) is 80.8 Å². The first-order valence-electron chi connectivity index (χ1n) is 12.4. The second kappa shape index (κ2) is 14.1. The molecule has 2 unspecified atom stereocenters. The number of rotatable bonds is 15. The lowest BCUT2D eigenvalue weighted by atomic mass is 9.89. The minimum atomic E-state index is -1.36. The van der Waals surface area contributed by atoms with Gasteiger partial charge >= 0.3 is 5.97 Å². The largest absolute Gasteiger partial charge is 0.508 e. The predicted octanol–water partition coefficient (Wildman–Crippen LogP) is 1.45. The first-order chi connectivity index (χ1) is 18.6. The molecule has 2 aromatic carbocycles. The standard InChI is InChI=1S/C27H35N3O8S/c1-27(14-28-10-17-6-2-4-8-19(17)31,15-29-11-18-7-3-5-9-20(18)32)16-30-22(34)13-39-12-21(33)25-23(35)24(36)26(37)38-25/h2-9,21,25,28-29,31-33,35-36H,10-16H2,1H3,(H,30,34). The summed E-state index contributed by atoms with van der Waals surface area (Å²) in [5, 5.41) is 58.9. The number of thioether (sulfide) groups is 1. The number of nitrogens with one attached hydrogen (secondary N) is 3. The minimum absolute atomic E-state index is 0.00970. The van der Waals surface area contributed by atoms with E-state index in [2.05, 4.69) is 16.0 Å². The van der Waals surface area contributed by atoms with Crippen LogP contribution in [0.25, 0.3) is 0 Å². The van der Waals surface area contributed by atoms with Crippen molar-refractivity contribution >= 4 is 23.6 Å². The van der Waals surface area contributed by atoms with E-state index in [1.165, 1.54) is 0 Å². The average molecular weight is 562 g/mol. The molecule has 0 bridgehead atoms. The molecule has 0 saturated heterocycles. The lowest BCUT2D eigenvalue weighted by Crippen LogP contribution is -2.48. The van der Waals surface area contributed by atoms with Gasteiger partial charge in [0.2, 0.25) is 11.7 Å². The van der Waals surface area contributed by atoms with Gasteiger partial charge < -0.3 is 46.2 Å². The third-order valence-electron chi connectivity index (χ3n) is 6.24. The van der Waals surface area contributed by atoms with E-state index < -0.39 is 35.1 Å². The SMILES string of the molecule is CC(CNCc1ccccc1O)(CNCc1ccccc1O)CNC(=O)CSCC(O)C1OC(=O)C(O)=C1O. The molecular formula is C27H35N3O8S. The highest BCUT2D eigenvalue weighted by Gasteiger charge is 2.39. The summed E-state index contributed by atoms with van der Waals surface area (Å²) in [5.41, 5.74) is 1.06. The van der Waals surface area contributed by atoms with Crippen molar-refractivity contribution in [3.63, 3.8) is 0 Å². The Labute approximate surface area is 230 Å². The van der Waals surface area contributed by atoms with Crippen molar-refractivity contribution in [3.8, 4) is 11.5 Å². The molecule has 0 radical (unpaired) electrons. The van der Waals surface area contributed by atoms with E-state index in [1.807, 2.05) is 31.2 Å². The van der Waals surface area contributed by atoms with Crippen LogP contribution in [0.5, 0.6) is 11.5 Å². The maximum Gasteiger partial charge on any atom is 0.377 e. The first-order valence-corrected chi connectivity index (χ1v) is 13.6. The number of ether oxygens (including phenoxy) is 1. The fourth-order valence-corrected chi connectivity index (χ4v) is 4.78. The van der Waals surface area contributed by atoms with E-state index >= 15 is 0 Å². The number of amides is 1. The van der Waals surface area contributed by atoms with Gasteiger partial charge in [-0.25, -0.2) is 4.79 Å². The quantitative estimate of drug-likeness (QED) is 0.147. The summed E-state index contributed by atoms with van der Waals surface area (Å²) in [4.78, 5) is 23.8. The zero-order valence-electron chi connectivity index (χ0n) is 21.6. The Hall–Kier alpha value is -3.45. The highest BCUT2D eigenvalue weighted by molar-refractivity contribution is 7.99. The molecule has 1 aliphatic heterocycles. The van der Waals surface area contributed by atoms with E-state index in [0.717, 1.165) is 22.9 Å². The number of aliphatic hydroxyl groups is 3. The van der Waals surface area contributed by atoms with Crippen LogP contribution in [0.15, 0.2) is 60.0 Å². The Balaban J connectivity index is 1.50. The van der Waals surface area contributed by atoms with Crippen molar-refractivity contribution in [2.45, 2.75) is 32.2 Å². The van der Waals surface area contributed by atoms with Crippen LogP contribution in [0.3, 0.4) is 0 Å². The molecule has 2 atom stereocenters. The molecule has 1 heterocycles. The molecule has 3 rings (SSSR count). The number of phenols is 2. The zero-order chi connectivity index (χ0) is 28.4. The third-order valence-corrected chi connectivity index (χ3v) is 7.28. The Morgan fingerprint density at radius 2 is 1.49 bits per heavy atom. The first kappa shape index (κ1) is 30.1. The van der Waals surface area contributed by atoms with E-state index in [9.17, 15) is 35.1 Å². The van der Waals surface area contributed by atoms with Crippen LogP contribution in [0.2, 0.25) is 0 Å². The summed E-state index contributed by atoms with van der Waals surface area (Å²) in [6, 6.07) is 14.1. The summed E-state index contributed by atoms with van der Waals surface area (Å²) in [6.45, 7) is 4.19. The highest BCUT2D eigenvalue weighted by atomic mass is 32.2. The molecule has 212 valence electrons. The molecule has 39 heavy (non-hydrogen) atoms. The topological polar surface area (TPSA) is 181 Å². The van der Waals surface area contributed by atoms with Crippen LogP contribution in [-0.2, 0) is 27.4 Å². The van der Waals surface area contributed by atoms with Gasteiger partial charge in [0.1, 0.15) is 17.6 Å². The third kappa shape index (κ3) is 8.79. The van der Waals surface area contributed by atoms with Crippen LogP contribution >= 0.6 is 11.8 Å². The number of esters is 1. The van der Waals surface area contributed by atoms with Crippen LogP contribution in [0.1, 0.15) is 18.1 Å². The molecule has 1 aliphatic rings. The number of benzene rings is 2. The minimum Gasteiger partial charge on any atom is -0.508 e. The Morgan fingerprint density at radius 1 is 0.949 bits per heavy atom. The van der Waals surface area contributed by atoms with Gasteiger partial charge in [0.25, 0.3) is 0 Å². The van der Waals surface area contributed by atoms with Crippen LogP contribution < -0.4 is 16.0 Å². The Kier molecular flexibility index (Phi) is 10.9. The lowest BCUT2D eigenvalue weighted by molar-refractivity contribution is -0.146. The van der Waals surface area contributed by atoms with E-state index in [0.29, 0.717) is 32.7 Å². The molecule has 0 saturated carbocycles. The van der Waals surface area contributed by atoms with Gasteiger partial charge in [-0.05, 0) is 12.1 Å². The monoisotopic (exact) mass is 561 g/mol. The number of carbonyl (C=O) groups is 2. The van der Waals surface area contributed by atoms with Crippen molar-refractivity contribution in [2.75, 3.05) is 31.1 Å². The molecular weight excluding hydrogens is 526 g/mol. The molecule has 12 heteroatoms. The maximum atomic E-state index is 12.5. The molecule has 0 fully saturated rings. The number of para-hydroxylation sites is 2. The van der Waals surface area contributed by atoms with Crippen molar-refractivity contribution in [1.29, 1.82) is 0 Å². The second-order valence-electron chi connectivity index (χ2n) is 9.69. The van der Waals surface area contributed by atoms with E-state index in [-0.39, 0.29) is 28.9 Å². The number of cyclic esters (lactones) is 1. The average Bonchev–Trinajstić information content (AvgIpc) is 3.17. The number of hydrogen-bond donors (Lipinski definition) is 8. The van der Waals surface area contributed by atoms with Gasteiger partial charge in [-0.1, -0.05) is 43.3 Å². The maximum absolute atomic E-state index is 12.5. The molecule has 0 spiro atoms. The molecule has 0 aliphatic carbocycles. The van der Waals surface area contributed by atoms with Crippen molar-refractivity contribution in [1.82, 2.24) is 16.0 Å². The smallest absolute Gasteiger partial charge is 0.377 e. The van der Waals surface area contributed by atoms with Crippen molar-refractivity contribution in [2.24, 2.45) is 5.41 Å². The number of hydrogen-bond acceptors (Lipinski definition) is 11. The van der Waals surface area contributed by atoms with Crippen LogP contribution in [0.4, 0.5) is 0 Å². The van der Waals surface area contributed by atoms with E-state index in [1.54, 1.807) is 24.3 Å². The van der Waals surface area contributed by atoms with Gasteiger partial charge in [0.15, 0.2) is 11.9 Å². The number of phenolic OH excluding ortho intramolecular Hbond substituents is 2. The molecule has 11 nitrogen and oxygen atoms in total. The Morgan fingerprint density at radius 3 is 1.97 bits per heavy atom. The van der Waals surface area contributed by atoms with E-state index in [4.69, 9.17) is 4.74 Å². The predicted molar refractivity (Wildman–Crippen MR) is 146 cm³/mol. The summed E-state index contributed by atoms with van der Waals surface area (Å²) in [5.74, 6) is -2.62. The molecule has 1 amide bonds. The fourth-order valence-electron chi connectivity index (χ4n) is 3.96. The number of aliphatic hydroxyl groups excluding tert-OH is 3. The number of carbonyl (C=O) groups excluding carboxylic acids is 2.